The zero-order valence-corrected chi connectivity index (χ0v) is 14.7. The molecule has 1 saturated heterocycles. The second-order valence-electron chi connectivity index (χ2n) is 6.67. The van der Waals surface area contributed by atoms with Crippen molar-refractivity contribution < 1.29 is 9.53 Å². The number of aryl methyl sites for hydroxylation is 1. The number of hydrogen-bond donors (Lipinski definition) is 2. The lowest BCUT2D eigenvalue weighted by Crippen LogP contribution is -2.48. The van der Waals surface area contributed by atoms with Crippen LogP contribution >= 0.6 is 0 Å². The average molecular weight is 350 g/mol. The maximum Gasteiger partial charge on any atom is 0.255 e. The third-order valence-electron chi connectivity index (χ3n) is 4.65. The number of benzene rings is 1. The second kappa shape index (κ2) is 7.17. The van der Waals surface area contributed by atoms with Gasteiger partial charge in [-0.05, 0) is 30.7 Å². The minimum absolute atomic E-state index is 0.0988. The maximum absolute atomic E-state index is 12.5. The summed E-state index contributed by atoms with van der Waals surface area (Å²) in [6.45, 7) is 4.96. The minimum atomic E-state index is -0.0988. The lowest BCUT2D eigenvalue weighted by Gasteiger charge is -2.27. The van der Waals surface area contributed by atoms with Gasteiger partial charge in [-0.2, -0.15) is 0 Å². The molecule has 0 radical (unpaired) electrons. The van der Waals surface area contributed by atoms with Crippen molar-refractivity contribution in [3.63, 3.8) is 0 Å². The molecule has 3 heterocycles. The molecule has 0 aliphatic carbocycles. The first kappa shape index (κ1) is 16.6. The first-order valence-corrected chi connectivity index (χ1v) is 8.84. The molecule has 0 atom stereocenters. The first-order chi connectivity index (χ1) is 12.7. The summed E-state index contributed by atoms with van der Waals surface area (Å²) in [5, 5.41) is 6.19. The lowest BCUT2D eigenvalue weighted by atomic mass is 10.0. The van der Waals surface area contributed by atoms with Crippen molar-refractivity contribution in [2.24, 2.45) is 5.92 Å². The summed E-state index contributed by atoms with van der Waals surface area (Å²) < 4.78 is 7.90. The van der Waals surface area contributed by atoms with Gasteiger partial charge in [0.15, 0.2) is 0 Å². The van der Waals surface area contributed by atoms with Gasteiger partial charge in [-0.25, -0.2) is 4.98 Å². The number of para-hydroxylation sites is 1. The molecule has 3 aromatic rings. The standard InChI is InChI=1S/C20H22N4O2/c1-14-5-4-8-24-12-16(23-19(14)24)13-26-18-7-3-2-6-17(18)20(25)22-11-15-9-21-10-15/h2-8,12,15,21H,9-11,13H2,1H3,(H,22,25). The number of hydrogen-bond acceptors (Lipinski definition) is 4. The van der Waals surface area contributed by atoms with Crippen LogP contribution in [0.4, 0.5) is 0 Å². The molecule has 0 unspecified atom stereocenters. The van der Waals surface area contributed by atoms with E-state index in [1.54, 1.807) is 6.07 Å². The first-order valence-electron chi connectivity index (χ1n) is 8.84. The highest BCUT2D eigenvalue weighted by atomic mass is 16.5. The number of ether oxygens (including phenoxy) is 1. The van der Waals surface area contributed by atoms with Gasteiger partial charge in [0, 0.05) is 37.9 Å². The van der Waals surface area contributed by atoms with Gasteiger partial charge in [0.25, 0.3) is 5.91 Å². The van der Waals surface area contributed by atoms with Crippen LogP contribution in [0.15, 0.2) is 48.8 Å². The van der Waals surface area contributed by atoms with Crippen molar-refractivity contribution in [3.8, 4) is 5.75 Å². The molecule has 6 heteroatoms. The third-order valence-corrected chi connectivity index (χ3v) is 4.65. The number of pyridine rings is 1. The number of amides is 1. The van der Waals surface area contributed by atoms with Crippen molar-refractivity contribution in [2.75, 3.05) is 19.6 Å². The molecular weight excluding hydrogens is 328 g/mol. The number of imidazole rings is 1. The molecule has 2 N–H and O–H groups in total. The van der Waals surface area contributed by atoms with Crippen LogP contribution in [0, 0.1) is 12.8 Å². The zero-order chi connectivity index (χ0) is 17.9. The molecule has 0 spiro atoms. The monoisotopic (exact) mass is 350 g/mol. The molecule has 1 amide bonds. The van der Waals surface area contributed by atoms with Crippen LogP contribution in [0.5, 0.6) is 5.75 Å². The topological polar surface area (TPSA) is 67.7 Å². The van der Waals surface area contributed by atoms with Gasteiger partial charge in [0.2, 0.25) is 0 Å². The fraction of sp³-hybridized carbons (Fsp3) is 0.300. The van der Waals surface area contributed by atoms with Crippen LogP contribution in [0.1, 0.15) is 21.6 Å². The summed E-state index contributed by atoms with van der Waals surface area (Å²) in [5.41, 5.74) is 3.42. The van der Waals surface area contributed by atoms with E-state index in [0.29, 0.717) is 30.4 Å². The van der Waals surface area contributed by atoms with Crippen LogP contribution in [-0.4, -0.2) is 34.9 Å². The van der Waals surface area contributed by atoms with E-state index in [2.05, 4.69) is 15.6 Å². The van der Waals surface area contributed by atoms with Crippen molar-refractivity contribution in [1.29, 1.82) is 0 Å². The second-order valence-corrected chi connectivity index (χ2v) is 6.67. The van der Waals surface area contributed by atoms with Gasteiger partial charge in [0.1, 0.15) is 18.0 Å². The maximum atomic E-state index is 12.5. The summed E-state index contributed by atoms with van der Waals surface area (Å²) in [5.74, 6) is 0.997. The lowest BCUT2D eigenvalue weighted by molar-refractivity contribution is 0.0937. The normalized spacial score (nSPS) is 14.2. The molecule has 1 fully saturated rings. The van der Waals surface area contributed by atoms with E-state index in [4.69, 9.17) is 4.74 Å². The highest BCUT2D eigenvalue weighted by molar-refractivity contribution is 5.96. The predicted molar refractivity (Wildman–Crippen MR) is 99.4 cm³/mol. The zero-order valence-electron chi connectivity index (χ0n) is 14.7. The Kier molecular flexibility index (Phi) is 4.58. The number of rotatable bonds is 6. The summed E-state index contributed by atoms with van der Waals surface area (Å²) in [6, 6.07) is 11.4. The Hall–Kier alpha value is -2.86. The van der Waals surface area contributed by atoms with Crippen molar-refractivity contribution in [2.45, 2.75) is 13.5 Å². The summed E-state index contributed by atoms with van der Waals surface area (Å²) in [4.78, 5) is 17.1. The molecule has 0 bridgehead atoms. The van der Waals surface area contributed by atoms with E-state index >= 15 is 0 Å². The molecule has 1 aliphatic rings. The SMILES string of the molecule is Cc1cccn2cc(COc3ccccc3C(=O)NCC3CNC3)nc12. The van der Waals surface area contributed by atoms with Gasteiger partial charge < -0.3 is 19.8 Å². The molecule has 134 valence electrons. The molecule has 1 aromatic carbocycles. The van der Waals surface area contributed by atoms with Crippen LogP contribution < -0.4 is 15.4 Å². The Morgan fingerprint density at radius 2 is 2.15 bits per heavy atom. The number of carbonyl (C=O) groups is 1. The summed E-state index contributed by atoms with van der Waals surface area (Å²) in [6.07, 6.45) is 3.92. The molecule has 26 heavy (non-hydrogen) atoms. The van der Waals surface area contributed by atoms with Gasteiger partial charge >= 0.3 is 0 Å². The van der Waals surface area contributed by atoms with E-state index in [9.17, 15) is 4.79 Å². The smallest absolute Gasteiger partial charge is 0.255 e. The molecule has 2 aromatic heterocycles. The van der Waals surface area contributed by atoms with Gasteiger partial charge in [0.05, 0.1) is 11.3 Å². The van der Waals surface area contributed by atoms with Gasteiger partial charge in [-0.3, -0.25) is 4.79 Å². The minimum Gasteiger partial charge on any atom is -0.486 e. The largest absolute Gasteiger partial charge is 0.486 e. The number of nitrogens with one attached hydrogen (secondary N) is 2. The van der Waals surface area contributed by atoms with E-state index in [0.717, 1.165) is 30.0 Å². The average Bonchev–Trinajstić information content (AvgIpc) is 3.03. The van der Waals surface area contributed by atoms with E-state index in [1.165, 1.54) is 0 Å². The molecule has 0 saturated carbocycles. The van der Waals surface area contributed by atoms with E-state index in [1.807, 2.05) is 54.0 Å². The van der Waals surface area contributed by atoms with Crippen molar-refractivity contribution >= 4 is 11.6 Å². The third kappa shape index (κ3) is 3.41. The summed E-state index contributed by atoms with van der Waals surface area (Å²) >= 11 is 0. The number of carbonyl (C=O) groups excluding carboxylic acids is 1. The Morgan fingerprint density at radius 1 is 1.31 bits per heavy atom. The number of aromatic nitrogens is 2. The highest BCUT2D eigenvalue weighted by Crippen LogP contribution is 2.20. The van der Waals surface area contributed by atoms with Crippen LogP contribution in [-0.2, 0) is 6.61 Å². The highest BCUT2D eigenvalue weighted by Gasteiger charge is 2.19. The van der Waals surface area contributed by atoms with E-state index < -0.39 is 0 Å². The predicted octanol–water partition coefficient (Wildman–Crippen LogP) is 2.17. The Labute approximate surface area is 152 Å². The molecule has 6 nitrogen and oxygen atoms in total. The summed E-state index contributed by atoms with van der Waals surface area (Å²) in [7, 11) is 0. The number of fused-ring (bicyclic) bond motifs is 1. The van der Waals surface area contributed by atoms with Crippen LogP contribution in [0.3, 0.4) is 0 Å². The Bertz CT molecular complexity index is 930. The van der Waals surface area contributed by atoms with Gasteiger partial charge in [-0.1, -0.05) is 18.2 Å². The fourth-order valence-electron chi connectivity index (χ4n) is 3.03. The van der Waals surface area contributed by atoms with Crippen LogP contribution in [0.25, 0.3) is 5.65 Å². The number of nitrogens with zero attached hydrogens (tertiary/aromatic N) is 2. The van der Waals surface area contributed by atoms with Crippen molar-refractivity contribution in [1.82, 2.24) is 20.0 Å². The molecular formula is C20H22N4O2. The molecule has 1 aliphatic heterocycles. The van der Waals surface area contributed by atoms with Crippen LogP contribution in [0.2, 0.25) is 0 Å². The van der Waals surface area contributed by atoms with E-state index in [-0.39, 0.29) is 5.91 Å². The molecule has 4 rings (SSSR count). The van der Waals surface area contributed by atoms with Gasteiger partial charge in [-0.15, -0.1) is 0 Å². The Balaban J connectivity index is 1.45. The van der Waals surface area contributed by atoms with Crippen molar-refractivity contribution in [3.05, 3.63) is 65.6 Å². The fourth-order valence-corrected chi connectivity index (χ4v) is 3.03. The Morgan fingerprint density at radius 3 is 2.92 bits per heavy atom. The quantitative estimate of drug-likeness (QED) is 0.715.